The van der Waals surface area contributed by atoms with Crippen LogP contribution in [0.5, 0.6) is 0 Å². The van der Waals surface area contributed by atoms with Crippen LogP contribution in [-0.4, -0.2) is 49.0 Å². The van der Waals surface area contributed by atoms with Crippen LogP contribution in [0.3, 0.4) is 0 Å². The molecule has 2 N–H and O–H groups in total. The molecular formula is C14H21ClN4O. The lowest BCUT2D eigenvalue weighted by Crippen LogP contribution is -2.44. The molecule has 6 heteroatoms. The van der Waals surface area contributed by atoms with Crippen LogP contribution in [0.4, 0.5) is 5.82 Å². The van der Waals surface area contributed by atoms with Crippen molar-refractivity contribution in [3.63, 3.8) is 0 Å². The second kappa shape index (κ2) is 6.90. The number of anilines is 1. The first kappa shape index (κ1) is 15.1. The standard InChI is InChI=1S/C14H21ClN4O/c1-16-13-12(15)7-10(8-17-13)14(20)18-9-11-5-3-4-6-19(11)2/h7-8,11H,3-6,9H2,1-2H3,(H,16,17)(H,18,20). The van der Waals surface area contributed by atoms with Gasteiger partial charge in [-0.2, -0.15) is 0 Å². The molecule has 0 aromatic carbocycles. The highest BCUT2D eigenvalue weighted by atomic mass is 35.5. The predicted octanol–water partition coefficient (Wildman–Crippen LogP) is 1.99. The van der Waals surface area contributed by atoms with Crippen LogP contribution in [0.2, 0.25) is 5.02 Å². The van der Waals surface area contributed by atoms with Crippen LogP contribution in [0.15, 0.2) is 12.3 Å². The summed E-state index contributed by atoms with van der Waals surface area (Å²) in [4.78, 5) is 18.5. The van der Waals surface area contributed by atoms with Gasteiger partial charge in [-0.05, 0) is 32.5 Å². The second-order valence-corrected chi connectivity index (χ2v) is 5.55. The first-order valence-corrected chi connectivity index (χ1v) is 7.31. The normalized spacial score (nSPS) is 19.6. The Morgan fingerprint density at radius 1 is 1.55 bits per heavy atom. The average molecular weight is 297 g/mol. The predicted molar refractivity (Wildman–Crippen MR) is 81.4 cm³/mol. The number of pyridine rings is 1. The lowest BCUT2D eigenvalue weighted by molar-refractivity contribution is 0.0928. The van der Waals surface area contributed by atoms with Gasteiger partial charge >= 0.3 is 0 Å². The minimum absolute atomic E-state index is 0.124. The summed E-state index contributed by atoms with van der Waals surface area (Å²) >= 11 is 6.03. The molecule has 1 amide bonds. The number of carbonyl (C=O) groups is 1. The van der Waals surface area contributed by atoms with E-state index in [9.17, 15) is 4.79 Å². The highest BCUT2D eigenvalue weighted by Gasteiger charge is 2.19. The monoisotopic (exact) mass is 296 g/mol. The van der Waals surface area contributed by atoms with Crippen LogP contribution in [-0.2, 0) is 0 Å². The van der Waals surface area contributed by atoms with E-state index in [4.69, 9.17) is 11.6 Å². The summed E-state index contributed by atoms with van der Waals surface area (Å²) in [5.41, 5.74) is 0.493. The van der Waals surface area contributed by atoms with Crippen molar-refractivity contribution in [2.75, 3.05) is 32.5 Å². The third kappa shape index (κ3) is 3.61. The van der Waals surface area contributed by atoms with Gasteiger partial charge in [0.2, 0.25) is 0 Å². The zero-order chi connectivity index (χ0) is 14.5. The van der Waals surface area contributed by atoms with Crippen LogP contribution in [0.1, 0.15) is 29.6 Å². The number of halogens is 1. The minimum Gasteiger partial charge on any atom is -0.372 e. The summed E-state index contributed by atoms with van der Waals surface area (Å²) in [7, 11) is 3.85. The first-order valence-electron chi connectivity index (χ1n) is 6.93. The molecule has 1 fully saturated rings. The smallest absolute Gasteiger partial charge is 0.252 e. The zero-order valence-electron chi connectivity index (χ0n) is 11.9. The van der Waals surface area contributed by atoms with E-state index in [0.29, 0.717) is 29.0 Å². The van der Waals surface area contributed by atoms with E-state index < -0.39 is 0 Å². The van der Waals surface area contributed by atoms with Crippen molar-refractivity contribution in [2.45, 2.75) is 25.3 Å². The molecule has 1 aromatic heterocycles. The molecule has 5 nitrogen and oxygen atoms in total. The molecule has 1 unspecified atom stereocenters. The maximum atomic E-state index is 12.1. The van der Waals surface area contributed by atoms with Gasteiger partial charge in [-0.1, -0.05) is 18.0 Å². The van der Waals surface area contributed by atoms with E-state index in [-0.39, 0.29) is 5.91 Å². The topological polar surface area (TPSA) is 57.3 Å². The number of aromatic nitrogens is 1. The summed E-state index contributed by atoms with van der Waals surface area (Å²) < 4.78 is 0. The Bertz CT molecular complexity index is 480. The van der Waals surface area contributed by atoms with Crippen molar-refractivity contribution in [1.82, 2.24) is 15.2 Å². The average Bonchev–Trinajstić information content (AvgIpc) is 2.46. The number of hydrogen-bond donors (Lipinski definition) is 2. The lowest BCUT2D eigenvalue weighted by Gasteiger charge is -2.32. The third-order valence-electron chi connectivity index (χ3n) is 3.76. The van der Waals surface area contributed by atoms with Gasteiger partial charge in [-0.15, -0.1) is 0 Å². The lowest BCUT2D eigenvalue weighted by atomic mass is 10.0. The molecule has 1 aliphatic rings. The van der Waals surface area contributed by atoms with E-state index in [1.807, 2.05) is 0 Å². The molecule has 0 aliphatic carbocycles. The van der Waals surface area contributed by atoms with Gasteiger partial charge in [-0.25, -0.2) is 4.98 Å². The number of likely N-dealkylation sites (tertiary alicyclic amines) is 1. The Morgan fingerprint density at radius 2 is 2.35 bits per heavy atom. The first-order chi connectivity index (χ1) is 9.61. The molecule has 1 saturated heterocycles. The zero-order valence-corrected chi connectivity index (χ0v) is 12.7. The number of hydrogen-bond acceptors (Lipinski definition) is 4. The summed E-state index contributed by atoms with van der Waals surface area (Å²) in [5, 5.41) is 6.29. The molecule has 0 radical (unpaired) electrons. The van der Waals surface area contributed by atoms with Crippen LogP contribution in [0.25, 0.3) is 0 Å². The molecule has 110 valence electrons. The number of rotatable bonds is 4. The Morgan fingerprint density at radius 3 is 3.00 bits per heavy atom. The molecule has 1 atom stereocenters. The largest absolute Gasteiger partial charge is 0.372 e. The van der Waals surface area contributed by atoms with Gasteiger partial charge in [0.25, 0.3) is 5.91 Å². The van der Waals surface area contributed by atoms with Crippen molar-refractivity contribution >= 4 is 23.3 Å². The van der Waals surface area contributed by atoms with Gasteiger partial charge in [0.15, 0.2) is 0 Å². The van der Waals surface area contributed by atoms with Crippen LogP contribution in [0, 0.1) is 0 Å². The molecule has 0 saturated carbocycles. The highest BCUT2D eigenvalue weighted by Crippen LogP contribution is 2.19. The Kier molecular flexibility index (Phi) is 5.20. The molecule has 20 heavy (non-hydrogen) atoms. The van der Waals surface area contributed by atoms with Gasteiger partial charge < -0.3 is 15.5 Å². The summed E-state index contributed by atoms with van der Waals surface area (Å²) in [6.07, 6.45) is 5.15. The number of nitrogens with zero attached hydrogens (tertiary/aromatic N) is 2. The summed E-state index contributed by atoms with van der Waals surface area (Å²) in [6.45, 7) is 1.77. The van der Waals surface area contributed by atoms with Crippen LogP contribution < -0.4 is 10.6 Å². The van der Waals surface area contributed by atoms with Gasteiger partial charge in [0, 0.05) is 25.8 Å². The Balaban J connectivity index is 1.93. The fourth-order valence-electron chi connectivity index (χ4n) is 2.46. The van der Waals surface area contributed by atoms with Gasteiger partial charge in [0.05, 0.1) is 10.6 Å². The van der Waals surface area contributed by atoms with E-state index in [2.05, 4.69) is 27.6 Å². The fraction of sp³-hybridized carbons (Fsp3) is 0.571. The van der Waals surface area contributed by atoms with E-state index in [1.54, 1.807) is 13.1 Å². The molecular weight excluding hydrogens is 276 g/mol. The molecule has 1 aromatic rings. The minimum atomic E-state index is -0.124. The number of likely N-dealkylation sites (N-methyl/N-ethyl adjacent to an activating group) is 1. The number of piperidine rings is 1. The number of nitrogens with one attached hydrogen (secondary N) is 2. The molecule has 0 bridgehead atoms. The molecule has 2 rings (SSSR count). The van der Waals surface area contributed by atoms with E-state index in [0.717, 1.165) is 13.0 Å². The van der Waals surface area contributed by atoms with Crippen molar-refractivity contribution in [3.05, 3.63) is 22.8 Å². The number of amides is 1. The van der Waals surface area contributed by atoms with E-state index >= 15 is 0 Å². The Labute approximate surface area is 124 Å². The maximum Gasteiger partial charge on any atom is 0.252 e. The number of carbonyl (C=O) groups excluding carboxylic acids is 1. The van der Waals surface area contributed by atoms with Crippen molar-refractivity contribution < 1.29 is 4.79 Å². The summed E-state index contributed by atoms with van der Waals surface area (Å²) in [6, 6.07) is 2.06. The SMILES string of the molecule is CNc1ncc(C(=O)NCC2CCCCN2C)cc1Cl. The molecule has 2 heterocycles. The van der Waals surface area contributed by atoms with E-state index in [1.165, 1.54) is 19.0 Å². The fourth-order valence-corrected chi connectivity index (χ4v) is 2.72. The third-order valence-corrected chi connectivity index (χ3v) is 4.05. The van der Waals surface area contributed by atoms with Crippen LogP contribution >= 0.6 is 11.6 Å². The quantitative estimate of drug-likeness (QED) is 0.892. The van der Waals surface area contributed by atoms with Gasteiger partial charge in [-0.3, -0.25) is 4.79 Å². The molecule has 0 spiro atoms. The Hall–Kier alpha value is -1.33. The van der Waals surface area contributed by atoms with Gasteiger partial charge in [0.1, 0.15) is 5.82 Å². The maximum absolute atomic E-state index is 12.1. The van der Waals surface area contributed by atoms with Crippen molar-refractivity contribution in [1.29, 1.82) is 0 Å². The highest BCUT2D eigenvalue weighted by molar-refractivity contribution is 6.33. The second-order valence-electron chi connectivity index (χ2n) is 5.14. The van der Waals surface area contributed by atoms with Crippen molar-refractivity contribution in [3.8, 4) is 0 Å². The van der Waals surface area contributed by atoms with Crippen molar-refractivity contribution in [2.24, 2.45) is 0 Å². The summed E-state index contributed by atoms with van der Waals surface area (Å²) in [5.74, 6) is 0.455. The molecule has 1 aliphatic heterocycles.